The SMILES string of the molecule is O=C(COc1cccc(P(=O)(O)O)c1)N(C[C@@H]1CC=CCC1)C[C@@H]1CCCO1. The first kappa shape index (κ1) is 21.1. The lowest BCUT2D eigenvalue weighted by atomic mass is 9.94. The van der Waals surface area contributed by atoms with Gasteiger partial charge in [-0.15, -0.1) is 0 Å². The van der Waals surface area contributed by atoms with Crippen LogP contribution in [-0.2, 0) is 14.1 Å². The van der Waals surface area contributed by atoms with E-state index >= 15 is 0 Å². The zero-order valence-corrected chi connectivity index (χ0v) is 16.8. The summed E-state index contributed by atoms with van der Waals surface area (Å²) in [6.45, 7) is 1.81. The molecule has 154 valence electrons. The second kappa shape index (κ2) is 9.70. The molecule has 1 aliphatic carbocycles. The number of benzene rings is 1. The Bertz CT molecular complexity index is 740. The molecule has 1 fully saturated rings. The van der Waals surface area contributed by atoms with Gasteiger partial charge in [-0.25, -0.2) is 0 Å². The molecule has 0 saturated carbocycles. The highest BCUT2D eigenvalue weighted by Crippen LogP contribution is 2.34. The summed E-state index contributed by atoms with van der Waals surface area (Å²) < 4.78 is 22.6. The summed E-state index contributed by atoms with van der Waals surface area (Å²) in [5.41, 5.74) is 0. The molecule has 28 heavy (non-hydrogen) atoms. The van der Waals surface area contributed by atoms with E-state index in [1.54, 1.807) is 6.07 Å². The minimum absolute atomic E-state index is 0.0704. The van der Waals surface area contributed by atoms with Crippen LogP contribution in [0, 0.1) is 5.92 Å². The Morgan fingerprint density at radius 2 is 2.11 bits per heavy atom. The summed E-state index contributed by atoms with van der Waals surface area (Å²) in [6, 6.07) is 5.72. The van der Waals surface area contributed by atoms with E-state index in [1.165, 1.54) is 18.2 Å². The van der Waals surface area contributed by atoms with Crippen LogP contribution in [0.15, 0.2) is 36.4 Å². The number of carbonyl (C=O) groups excluding carboxylic acids is 1. The van der Waals surface area contributed by atoms with Crippen molar-refractivity contribution >= 4 is 18.8 Å². The molecule has 2 aliphatic rings. The standard InChI is InChI=1S/C20H28NO6P/c22-20(15-27-17-8-4-10-19(12-17)28(23,24)25)21(14-18-9-5-11-26-18)13-16-6-2-1-3-7-16/h1-2,4,8,10,12,16,18H,3,5-7,9,11,13-15H2,(H2,23,24,25)/t16-,18+/m1/s1. The number of carbonyl (C=O) groups is 1. The van der Waals surface area contributed by atoms with Gasteiger partial charge in [-0.2, -0.15) is 0 Å². The fourth-order valence-corrected chi connectivity index (χ4v) is 4.21. The van der Waals surface area contributed by atoms with Crippen LogP contribution in [0.5, 0.6) is 5.75 Å². The molecule has 0 unspecified atom stereocenters. The smallest absolute Gasteiger partial charge is 0.356 e. The first-order chi connectivity index (χ1) is 13.4. The maximum Gasteiger partial charge on any atom is 0.356 e. The molecule has 1 amide bonds. The predicted molar refractivity (Wildman–Crippen MR) is 106 cm³/mol. The number of nitrogens with zero attached hydrogens (tertiary/aromatic N) is 1. The van der Waals surface area contributed by atoms with Gasteiger partial charge in [0.2, 0.25) is 0 Å². The first-order valence-corrected chi connectivity index (χ1v) is 11.4. The lowest BCUT2D eigenvalue weighted by Gasteiger charge is -2.30. The van der Waals surface area contributed by atoms with Gasteiger partial charge in [-0.1, -0.05) is 18.2 Å². The molecule has 1 aromatic rings. The normalized spacial score (nSPS) is 22.2. The van der Waals surface area contributed by atoms with E-state index in [0.29, 0.717) is 19.0 Å². The molecule has 2 N–H and O–H groups in total. The summed E-state index contributed by atoms with van der Waals surface area (Å²) in [6.07, 6.45) is 9.48. The van der Waals surface area contributed by atoms with Gasteiger partial charge in [0.25, 0.3) is 5.91 Å². The van der Waals surface area contributed by atoms with Crippen LogP contribution in [0.2, 0.25) is 0 Å². The van der Waals surface area contributed by atoms with Crippen LogP contribution < -0.4 is 10.0 Å². The number of ether oxygens (including phenoxy) is 2. The zero-order chi connectivity index (χ0) is 20.0. The molecule has 0 radical (unpaired) electrons. The van der Waals surface area contributed by atoms with Crippen LogP contribution in [0.25, 0.3) is 0 Å². The van der Waals surface area contributed by atoms with Crippen molar-refractivity contribution in [3.8, 4) is 5.75 Å². The maximum absolute atomic E-state index is 12.8. The maximum atomic E-state index is 12.8. The Kier molecular flexibility index (Phi) is 7.30. The number of hydrogen-bond donors (Lipinski definition) is 2. The molecule has 2 atom stereocenters. The van der Waals surface area contributed by atoms with E-state index in [2.05, 4.69) is 12.2 Å². The van der Waals surface area contributed by atoms with E-state index in [1.807, 2.05) is 4.90 Å². The van der Waals surface area contributed by atoms with Gasteiger partial charge in [-0.3, -0.25) is 9.36 Å². The molecule has 0 spiro atoms. The summed E-state index contributed by atoms with van der Waals surface area (Å²) in [5, 5.41) is -0.123. The van der Waals surface area contributed by atoms with Gasteiger partial charge in [0, 0.05) is 19.7 Å². The van der Waals surface area contributed by atoms with Crippen molar-refractivity contribution in [2.75, 3.05) is 26.3 Å². The Morgan fingerprint density at radius 1 is 1.25 bits per heavy atom. The average Bonchev–Trinajstić information content (AvgIpc) is 3.19. The van der Waals surface area contributed by atoms with Crippen LogP contribution in [0.4, 0.5) is 0 Å². The van der Waals surface area contributed by atoms with E-state index in [9.17, 15) is 19.1 Å². The fraction of sp³-hybridized carbons (Fsp3) is 0.550. The Morgan fingerprint density at radius 3 is 2.79 bits per heavy atom. The number of allylic oxidation sites excluding steroid dienone is 2. The molecule has 8 heteroatoms. The van der Waals surface area contributed by atoms with Crippen molar-refractivity contribution in [1.29, 1.82) is 0 Å². The lowest BCUT2D eigenvalue weighted by molar-refractivity contribution is -0.135. The van der Waals surface area contributed by atoms with Gasteiger partial charge in [0.1, 0.15) is 5.75 Å². The second-order valence-electron chi connectivity index (χ2n) is 7.41. The largest absolute Gasteiger partial charge is 0.484 e. The summed E-state index contributed by atoms with van der Waals surface area (Å²) in [5.74, 6) is 0.576. The average molecular weight is 409 g/mol. The lowest BCUT2D eigenvalue weighted by Crippen LogP contribution is -2.43. The van der Waals surface area contributed by atoms with E-state index < -0.39 is 7.60 Å². The highest BCUT2D eigenvalue weighted by Gasteiger charge is 2.25. The highest BCUT2D eigenvalue weighted by molar-refractivity contribution is 7.60. The van der Waals surface area contributed by atoms with Crippen molar-refractivity contribution in [3.63, 3.8) is 0 Å². The van der Waals surface area contributed by atoms with Gasteiger partial charge in [0.15, 0.2) is 6.61 Å². The van der Waals surface area contributed by atoms with Gasteiger partial charge >= 0.3 is 7.60 Å². The third kappa shape index (κ3) is 6.17. The van der Waals surface area contributed by atoms with Crippen LogP contribution in [0.3, 0.4) is 0 Å². The highest BCUT2D eigenvalue weighted by atomic mass is 31.2. The molecule has 1 saturated heterocycles. The summed E-state index contributed by atoms with van der Waals surface area (Å²) in [7, 11) is -4.35. The third-order valence-electron chi connectivity index (χ3n) is 5.17. The summed E-state index contributed by atoms with van der Waals surface area (Å²) >= 11 is 0. The molecule has 0 bridgehead atoms. The molecule has 0 aromatic heterocycles. The third-order valence-corrected chi connectivity index (χ3v) is 6.12. The van der Waals surface area contributed by atoms with Gasteiger partial charge in [0.05, 0.1) is 11.4 Å². The Hall–Kier alpha value is -1.66. The quantitative estimate of drug-likeness (QED) is 0.505. The first-order valence-electron chi connectivity index (χ1n) is 9.75. The van der Waals surface area contributed by atoms with Crippen LogP contribution in [-0.4, -0.2) is 53.0 Å². The molecule has 1 aliphatic heterocycles. The molecular weight excluding hydrogens is 381 g/mol. The van der Waals surface area contributed by atoms with E-state index in [4.69, 9.17) is 9.47 Å². The van der Waals surface area contributed by atoms with Crippen molar-refractivity contribution in [2.24, 2.45) is 5.92 Å². The Balaban J connectivity index is 1.61. The molecule has 7 nitrogen and oxygen atoms in total. The predicted octanol–water partition coefficient (Wildman–Crippen LogP) is 2.23. The monoisotopic (exact) mass is 409 g/mol. The number of rotatable bonds is 8. The summed E-state index contributed by atoms with van der Waals surface area (Å²) in [4.78, 5) is 33.2. The van der Waals surface area contributed by atoms with Gasteiger partial charge in [-0.05, 0) is 56.2 Å². The fourth-order valence-electron chi connectivity index (χ4n) is 3.64. The van der Waals surface area contributed by atoms with Crippen molar-refractivity contribution in [3.05, 3.63) is 36.4 Å². The molecule has 1 aromatic carbocycles. The van der Waals surface area contributed by atoms with E-state index in [0.717, 1.165) is 38.7 Å². The minimum Gasteiger partial charge on any atom is -0.484 e. The second-order valence-corrected chi connectivity index (χ2v) is 9.02. The zero-order valence-electron chi connectivity index (χ0n) is 15.9. The Labute approximate surface area is 165 Å². The van der Waals surface area contributed by atoms with Gasteiger partial charge < -0.3 is 24.2 Å². The van der Waals surface area contributed by atoms with Crippen LogP contribution >= 0.6 is 7.60 Å². The van der Waals surface area contributed by atoms with Crippen LogP contribution in [0.1, 0.15) is 32.1 Å². The van der Waals surface area contributed by atoms with Crippen molar-refractivity contribution in [2.45, 2.75) is 38.2 Å². The molecule has 3 rings (SSSR count). The molecular formula is C20H28NO6P. The molecule has 1 heterocycles. The topological polar surface area (TPSA) is 96.3 Å². The minimum atomic E-state index is -4.35. The van der Waals surface area contributed by atoms with E-state index in [-0.39, 0.29) is 29.7 Å². The number of amides is 1. The van der Waals surface area contributed by atoms with Crippen molar-refractivity contribution < 1.29 is 28.6 Å². The number of hydrogen-bond acceptors (Lipinski definition) is 4. The van der Waals surface area contributed by atoms with Crippen molar-refractivity contribution in [1.82, 2.24) is 4.90 Å².